The van der Waals surface area contributed by atoms with Crippen molar-refractivity contribution < 1.29 is 14.0 Å². The number of carbonyl (C=O) groups excluding carboxylic acids is 2. The topological polar surface area (TPSA) is 37.4 Å². The largest absolute Gasteiger partial charge is 0.312 e. The van der Waals surface area contributed by atoms with Gasteiger partial charge in [0.2, 0.25) is 5.91 Å². The molecule has 1 fully saturated rings. The predicted octanol–water partition coefficient (Wildman–Crippen LogP) is 3.11. The number of halogens is 2. The Morgan fingerprint density at radius 3 is 2.89 bits per heavy atom. The summed E-state index contributed by atoms with van der Waals surface area (Å²) in [5.74, 6) is 0.205. The molecule has 0 aromatic heterocycles. The SMILES string of the molecule is CC(=O)SCC1CC(=O)N(c2cc(F)cc(Cl)c2)C1. The maximum absolute atomic E-state index is 13.3. The summed E-state index contributed by atoms with van der Waals surface area (Å²) in [6.45, 7) is 2.00. The van der Waals surface area contributed by atoms with Crippen LogP contribution in [0.25, 0.3) is 0 Å². The van der Waals surface area contributed by atoms with Crippen LogP contribution in [0.2, 0.25) is 5.02 Å². The lowest BCUT2D eigenvalue weighted by Crippen LogP contribution is -2.24. The summed E-state index contributed by atoms with van der Waals surface area (Å²) in [6.07, 6.45) is 0.383. The first-order valence-corrected chi connectivity index (χ1v) is 7.22. The minimum Gasteiger partial charge on any atom is -0.312 e. The van der Waals surface area contributed by atoms with E-state index in [9.17, 15) is 14.0 Å². The lowest BCUT2D eigenvalue weighted by atomic mass is 10.1. The van der Waals surface area contributed by atoms with E-state index in [0.29, 0.717) is 24.4 Å². The third-order valence-corrected chi connectivity index (χ3v) is 4.15. The van der Waals surface area contributed by atoms with Crippen molar-refractivity contribution in [3.05, 3.63) is 29.0 Å². The summed E-state index contributed by atoms with van der Waals surface area (Å²) in [5, 5.41) is 0.309. The summed E-state index contributed by atoms with van der Waals surface area (Å²) in [6, 6.07) is 4.07. The third kappa shape index (κ3) is 3.70. The van der Waals surface area contributed by atoms with Crippen LogP contribution < -0.4 is 4.90 Å². The molecular formula is C13H13ClFNO2S. The Labute approximate surface area is 120 Å². The van der Waals surface area contributed by atoms with Gasteiger partial charge in [-0.25, -0.2) is 4.39 Å². The number of rotatable bonds is 3. The second-order valence-corrected chi connectivity index (χ2v) is 6.14. The number of amides is 1. The van der Waals surface area contributed by atoms with Gasteiger partial charge in [-0.2, -0.15) is 0 Å². The van der Waals surface area contributed by atoms with E-state index in [1.54, 1.807) is 6.07 Å². The molecule has 6 heteroatoms. The molecule has 0 N–H and O–H groups in total. The minimum absolute atomic E-state index is 0.0414. The van der Waals surface area contributed by atoms with Crippen LogP contribution >= 0.6 is 23.4 Å². The fourth-order valence-electron chi connectivity index (χ4n) is 2.07. The van der Waals surface area contributed by atoms with Crippen molar-refractivity contribution in [3.63, 3.8) is 0 Å². The molecule has 19 heavy (non-hydrogen) atoms. The Morgan fingerprint density at radius 1 is 1.53 bits per heavy atom. The second-order valence-electron chi connectivity index (χ2n) is 4.50. The summed E-state index contributed by atoms with van der Waals surface area (Å²) in [7, 11) is 0. The van der Waals surface area contributed by atoms with E-state index in [4.69, 9.17) is 11.6 Å². The third-order valence-electron chi connectivity index (χ3n) is 2.89. The maximum Gasteiger partial charge on any atom is 0.227 e. The van der Waals surface area contributed by atoms with Crippen molar-refractivity contribution in [2.45, 2.75) is 13.3 Å². The van der Waals surface area contributed by atoms with Crippen LogP contribution in [0.4, 0.5) is 10.1 Å². The van der Waals surface area contributed by atoms with E-state index in [0.717, 1.165) is 0 Å². The molecule has 1 aliphatic heterocycles. The van der Waals surface area contributed by atoms with Gasteiger partial charge in [0, 0.05) is 36.4 Å². The van der Waals surface area contributed by atoms with Crippen LogP contribution in [0.15, 0.2) is 18.2 Å². The van der Waals surface area contributed by atoms with Crippen molar-refractivity contribution in [2.24, 2.45) is 5.92 Å². The molecule has 1 atom stereocenters. The average molecular weight is 302 g/mol. The van der Waals surface area contributed by atoms with Crippen LogP contribution in [-0.4, -0.2) is 23.3 Å². The van der Waals surface area contributed by atoms with Gasteiger partial charge in [0.25, 0.3) is 0 Å². The molecule has 1 saturated heterocycles. The number of hydrogen-bond donors (Lipinski definition) is 0. The van der Waals surface area contributed by atoms with Crippen LogP contribution in [0, 0.1) is 11.7 Å². The van der Waals surface area contributed by atoms with Gasteiger partial charge < -0.3 is 4.90 Å². The molecule has 0 bridgehead atoms. The van der Waals surface area contributed by atoms with E-state index in [2.05, 4.69) is 0 Å². The molecule has 102 valence electrons. The smallest absolute Gasteiger partial charge is 0.227 e. The quantitative estimate of drug-likeness (QED) is 0.861. The first kappa shape index (κ1) is 14.3. The normalized spacial score (nSPS) is 19.0. The van der Waals surface area contributed by atoms with E-state index < -0.39 is 5.82 Å². The molecule has 0 saturated carbocycles. The monoisotopic (exact) mass is 301 g/mol. The summed E-state index contributed by atoms with van der Waals surface area (Å²) >= 11 is 7.00. The summed E-state index contributed by atoms with van der Waals surface area (Å²) < 4.78 is 13.3. The van der Waals surface area contributed by atoms with Crippen molar-refractivity contribution in [3.8, 4) is 0 Å². The lowest BCUT2D eigenvalue weighted by Gasteiger charge is -2.17. The van der Waals surface area contributed by atoms with E-state index in [-0.39, 0.29) is 22.0 Å². The van der Waals surface area contributed by atoms with Gasteiger partial charge in [-0.15, -0.1) is 0 Å². The molecule has 1 aromatic rings. The Morgan fingerprint density at radius 2 is 2.26 bits per heavy atom. The van der Waals surface area contributed by atoms with Crippen LogP contribution in [0.1, 0.15) is 13.3 Å². The molecule has 0 radical (unpaired) electrons. The zero-order chi connectivity index (χ0) is 14.0. The zero-order valence-corrected chi connectivity index (χ0v) is 11.9. The van der Waals surface area contributed by atoms with Crippen LogP contribution in [0.5, 0.6) is 0 Å². The molecule has 0 spiro atoms. The van der Waals surface area contributed by atoms with Gasteiger partial charge in [0.15, 0.2) is 5.12 Å². The highest BCUT2D eigenvalue weighted by Gasteiger charge is 2.31. The maximum atomic E-state index is 13.3. The van der Waals surface area contributed by atoms with Gasteiger partial charge in [0.1, 0.15) is 5.82 Å². The zero-order valence-electron chi connectivity index (χ0n) is 10.4. The molecule has 1 amide bonds. The molecule has 3 nitrogen and oxygen atoms in total. The minimum atomic E-state index is -0.461. The number of anilines is 1. The van der Waals surface area contributed by atoms with Gasteiger partial charge in [-0.3, -0.25) is 9.59 Å². The number of hydrogen-bond acceptors (Lipinski definition) is 3. The van der Waals surface area contributed by atoms with Crippen molar-refractivity contribution in [1.29, 1.82) is 0 Å². The molecule has 2 rings (SSSR count). The first-order valence-electron chi connectivity index (χ1n) is 5.85. The summed E-state index contributed by atoms with van der Waals surface area (Å²) in [5.41, 5.74) is 0.477. The van der Waals surface area contributed by atoms with Gasteiger partial charge >= 0.3 is 0 Å². The average Bonchev–Trinajstić information content (AvgIpc) is 2.66. The van der Waals surface area contributed by atoms with Crippen LogP contribution in [0.3, 0.4) is 0 Å². The Balaban J connectivity index is 2.09. The van der Waals surface area contributed by atoms with E-state index >= 15 is 0 Å². The first-order chi connectivity index (χ1) is 8.95. The van der Waals surface area contributed by atoms with Crippen LogP contribution in [-0.2, 0) is 9.59 Å². The molecule has 1 heterocycles. The Bertz CT molecular complexity index is 503. The van der Waals surface area contributed by atoms with Gasteiger partial charge in [-0.1, -0.05) is 23.4 Å². The molecule has 1 aromatic carbocycles. The Hall–Kier alpha value is -1.07. The standard InChI is InChI=1S/C13H13ClFNO2S/c1-8(17)19-7-9-2-13(18)16(6-9)12-4-10(14)3-11(15)5-12/h3-5,9H,2,6-7H2,1H3. The highest BCUT2D eigenvalue weighted by molar-refractivity contribution is 8.13. The summed E-state index contributed by atoms with van der Waals surface area (Å²) in [4.78, 5) is 24.4. The van der Waals surface area contributed by atoms with Crippen molar-refractivity contribution in [1.82, 2.24) is 0 Å². The van der Waals surface area contributed by atoms with E-state index in [1.165, 1.54) is 35.7 Å². The predicted molar refractivity (Wildman–Crippen MR) is 75.0 cm³/mol. The second kappa shape index (κ2) is 5.92. The molecule has 1 aliphatic rings. The van der Waals surface area contributed by atoms with Gasteiger partial charge in [0.05, 0.1) is 0 Å². The Kier molecular flexibility index (Phi) is 4.47. The fourth-order valence-corrected chi connectivity index (χ4v) is 2.98. The van der Waals surface area contributed by atoms with Crippen molar-refractivity contribution >= 4 is 40.1 Å². The van der Waals surface area contributed by atoms with E-state index in [1.807, 2.05) is 0 Å². The molecule has 0 aliphatic carbocycles. The number of nitrogens with zero attached hydrogens (tertiary/aromatic N) is 1. The van der Waals surface area contributed by atoms with Gasteiger partial charge in [-0.05, 0) is 24.1 Å². The number of benzene rings is 1. The highest BCUT2D eigenvalue weighted by Crippen LogP contribution is 2.29. The fraction of sp³-hybridized carbons (Fsp3) is 0.385. The molecule has 1 unspecified atom stereocenters. The van der Waals surface area contributed by atoms with Crippen molar-refractivity contribution in [2.75, 3.05) is 17.2 Å². The molecular weight excluding hydrogens is 289 g/mol. The number of carbonyl (C=O) groups is 2. The number of thioether (sulfide) groups is 1. The lowest BCUT2D eigenvalue weighted by molar-refractivity contribution is -0.117. The highest BCUT2D eigenvalue weighted by atomic mass is 35.5.